The van der Waals surface area contributed by atoms with E-state index in [0.29, 0.717) is 25.3 Å². The van der Waals surface area contributed by atoms with Crippen LogP contribution in [0.15, 0.2) is 53.4 Å². The Morgan fingerprint density at radius 3 is 2.85 bits per heavy atom. The van der Waals surface area contributed by atoms with Crippen molar-refractivity contribution in [3.8, 4) is 0 Å². The molecule has 9 heteroatoms. The van der Waals surface area contributed by atoms with E-state index in [0.717, 1.165) is 40.9 Å². The van der Waals surface area contributed by atoms with Crippen LogP contribution >= 0.6 is 11.3 Å². The second-order valence-electron chi connectivity index (χ2n) is 8.62. The van der Waals surface area contributed by atoms with E-state index in [2.05, 4.69) is 10.8 Å². The lowest BCUT2D eigenvalue weighted by Gasteiger charge is -2.32. The summed E-state index contributed by atoms with van der Waals surface area (Å²) in [5, 5.41) is 1.06. The van der Waals surface area contributed by atoms with Crippen molar-refractivity contribution in [3.63, 3.8) is 0 Å². The molecule has 1 N–H and O–H groups in total. The van der Waals surface area contributed by atoms with Gasteiger partial charge in [0.15, 0.2) is 0 Å². The lowest BCUT2D eigenvalue weighted by molar-refractivity contribution is 0.0707. The largest absolute Gasteiger partial charge is 0.377 e. The van der Waals surface area contributed by atoms with Gasteiger partial charge in [-0.2, -0.15) is 0 Å². The highest BCUT2D eigenvalue weighted by molar-refractivity contribution is 7.89. The number of ether oxygens (including phenoxy) is 1. The van der Waals surface area contributed by atoms with Crippen molar-refractivity contribution >= 4 is 37.5 Å². The van der Waals surface area contributed by atoms with E-state index in [-0.39, 0.29) is 29.4 Å². The molecule has 3 heterocycles. The fourth-order valence-corrected chi connectivity index (χ4v) is 6.70. The molecule has 5 rings (SSSR count). The molecule has 33 heavy (non-hydrogen) atoms. The van der Waals surface area contributed by atoms with Crippen LogP contribution in [0.4, 0.5) is 0 Å². The van der Waals surface area contributed by atoms with Crippen LogP contribution in [0.3, 0.4) is 0 Å². The van der Waals surface area contributed by atoms with Crippen molar-refractivity contribution in [2.45, 2.75) is 42.6 Å². The summed E-state index contributed by atoms with van der Waals surface area (Å²) in [7, 11) is -3.71. The lowest BCUT2D eigenvalue weighted by Crippen LogP contribution is -2.39. The Morgan fingerprint density at radius 2 is 2.03 bits per heavy atom. The number of aromatic nitrogens is 1. The number of amides is 1. The Hall–Kier alpha value is -2.33. The van der Waals surface area contributed by atoms with Crippen molar-refractivity contribution in [1.29, 1.82) is 0 Å². The van der Waals surface area contributed by atoms with E-state index < -0.39 is 10.0 Å². The first-order valence-electron chi connectivity index (χ1n) is 11.4. The van der Waals surface area contributed by atoms with Gasteiger partial charge in [0.1, 0.15) is 0 Å². The number of carbonyl (C=O) groups is 1. The van der Waals surface area contributed by atoms with Crippen molar-refractivity contribution in [1.82, 2.24) is 14.6 Å². The van der Waals surface area contributed by atoms with Crippen LogP contribution in [-0.2, 0) is 14.8 Å². The number of para-hydroxylation sites is 1. The van der Waals surface area contributed by atoms with Crippen LogP contribution < -0.4 is 4.72 Å². The van der Waals surface area contributed by atoms with E-state index in [1.165, 1.54) is 12.1 Å². The second-order valence-corrected chi connectivity index (χ2v) is 11.5. The highest BCUT2D eigenvalue weighted by Gasteiger charge is 2.28. The zero-order valence-electron chi connectivity index (χ0n) is 18.3. The molecule has 0 saturated carbocycles. The number of fused-ring (bicyclic) bond motifs is 1. The predicted octanol–water partition coefficient (Wildman–Crippen LogP) is 3.77. The first-order chi connectivity index (χ1) is 16.0. The standard InChI is InChI=1S/C24H27N3O4S2/c28-24(17-6-3-9-20(14-17)33(29,30)25-15-19-8-5-13-31-19)27-12-4-7-18(16-27)23-26-21-10-1-2-11-22(21)32-23/h1-3,6,9-11,14,18-19,25H,4-5,7-8,12-13,15-16H2/t18-,19-/m0/s1. The summed E-state index contributed by atoms with van der Waals surface area (Å²) in [5.74, 6) is 0.0529. The van der Waals surface area contributed by atoms with Crippen molar-refractivity contribution < 1.29 is 17.9 Å². The van der Waals surface area contributed by atoms with E-state index in [1.54, 1.807) is 23.5 Å². The Bertz CT molecular complexity index is 1220. The molecule has 3 aromatic rings. The molecule has 0 radical (unpaired) electrons. The highest BCUT2D eigenvalue weighted by atomic mass is 32.2. The molecular formula is C24H27N3O4S2. The summed E-state index contributed by atoms with van der Waals surface area (Å²) in [6.45, 7) is 2.17. The van der Waals surface area contributed by atoms with Crippen molar-refractivity contribution in [2.75, 3.05) is 26.2 Å². The van der Waals surface area contributed by atoms with Gasteiger partial charge in [0.2, 0.25) is 10.0 Å². The summed E-state index contributed by atoms with van der Waals surface area (Å²) < 4.78 is 34.8. The molecular weight excluding hydrogens is 458 g/mol. The summed E-state index contributed by atoms with van der Waals surface area (Å²) in [6, 6.07) is 14.4. The third-order valence-electron chi connectivity index (χ3n) is 6.28. The minimum absolute atomic E-state index is 0.0858. The number of nitrogens with zero attached hydrogens (tertiary/aromatic N) is 2. The number of piperidine rings is 1. The maximum Gasteiger partial charge on any atom is 0.253 e. The highest BCUT2D eigenvalue weighted by Crippen LogP contribution is 2.33. The number of rotatable bonds is 6. The van der Waals surface area contributed by atoms with Crippen LogP contribution in [0, 0.1) is 0 Å². The van der Waals surface area contributed by atoms with Crippen LogP contribution in [0.5, 0.6) is 0 Å². The van der Waals surface area contributed by atoms with E-state index in [1.807, 2.05) is 23.1 Å². The fraction of sp³-hybridized carbons (Fsp3) is 0.417. The molecule has 1 aromatic heterocycles. The smallest absolute Gasteiger partial charge is 0.253 e. The zero-order chi connectivity index (χ0) is 22.8. The first-order valence-corrected chi connectivity index (χ1v) is 13.7. The van der Waals surface area contributed by atoms with Crippen molar-refractivity contribution in [2.24, 2.45) is 0 Å². The lowest BCUT2D eigenvalue weighted by atomic mass is 9.98. The number of thiazole rings is 1. The molecule has 2 atom stereocenters. The molecule has 2 aromatic carbocycles. The second kappa shape index (κ2) is 9.50. The maximum absolute atomic E-state index is 13.3. The van der Waals surface area contributed by atoms with Gasteiger partial charge in [-0.15, -0.1) is 11.3 Å². The topological polar surface area (TPSA) is 88.6 Å². The molecule has 2 saturated heterocycles. The minimum Gasteiger partial charge on any atom is -0.377 e. The van der Waals surface area contributed by atoms with Gasteiger partial charge in [0.25, 0.3) is 5.91 Å². The molecule has 0 aliphatic carbocycles. The Labute approximate surface area is 197 Å². The van der Waals surface area contributed by atoms with Gasteiger partial charge in [-0.05, 0) is 56.0 Å². The van der Waals surface area contributed by atoms with Gasteiger partial charge < -0.3 is 9.64 Å². The number of hydrogen-bond donors (Lipinski definition) is 1. The Kier molecular flexibility index (Phi) is 6.47. The molecule has 1 amide bonds. The number of likely N-dealkylation sites (tertiary alicyclic amines) is 1. The summed E-state index contributed by atoms with van der Waals surface area (Å²) in [6.07, 6.45) is 3.60. The van der Waals surface area contributed by atoms with Gasteiger partial charge in [0.05, 0.1) is 26.2 Å². The maximum atomic E-state index is 13.3. The molecule has 174 valence electrons. The summed E-state index contributed by atoms with van der Waals surface area (Å²) in [5.41, 5.74) is 1.38. The Morgan fingerprint density at radius 1 is 1.15 bits per heavy atom. The van der Waals surface area contributed by atoms with Crippen LogP contribution in [0.25, 0.3) is 10.2 Å². The number of nitrogens with one attached hydrogen (secondary N) is 1. The molecule has 0 spiro atoms. The Balaban J connectivity index is 1.29. The van der Waals surface area contributed by atoms with Gasteiger partial charge >= 0.3 is 0 Å². The SMILES string of the molecule is O=C(c1cccc(S(=O)(=O)NC[C@@H]2CCCO2)c1)N1CCC[C@H](c2nc3ccccc3s2)C1. The average molecular weight is 486 g/mol. The minimum atomic E-state index is -3.71. The summed E-state index contributed by atoms with van der Waals surface area (Å²) >= 11 is 1.69. The van der Waals surface area contributed by atoms with Gasteiger partial charge in [0, 0.05) is 37.7 Å². The summed E-state index contributed by atoms with van der Waals surface area (Å²) in [4.78, 5) is 20.0. The predicted molar refractivity (Wildman–Crippen MR) is 128 cm³/mol. The quantitative estimate of drug-likeness (QED) is 0.574. The first kappa shape index (κ1) is 22.5. The monoisotopic (exact) mass is 485 g/mol. The van der Waals surface area contributed by atoms with E-state index in [9.17, 15) is 13.2 Å². The third kappa shape index (κ3) is 4.96. The number of hydrogen-bond acceptors (Lipinski definition) is 6. The van der Waals surface area contributed by atoms with Gasteiger partial charge in [-0.3, -0.25) is 4.79 Å². The van der Waals surface area contributed by atoms with Gasteiger partial charge in [-0.1, -0.05) is 18.2 Å². The van der Waals surface area contributed by atoms with Crippen LogP contribution in [0.1, 0.15) is 47.0 Å². The third-order valence-corrected chi connectivity index (χ3v) is 8.90. The number of benzene rings is 2. The number of carbonyl (C=O) groups excluding carboxylic acids is 1. The fourth-order valence-electron chi connectivity index (χ4n) is 4.50. The van der Waals surface area contributed by atoms with Crippen molar-refractivity contribution in [3.05, 3.63) is 59.1 Å². The van der Waals surface area contributed by atoms with Gasteiger partial charge in [-0.25, -0.2) is 18.1 Å². The molecule has 7 nitrogen and oxygen atoms in total. The van der Waals surface area contributed by atoms with E-state index >= 15 is 0 Å². The molecule has 0 bridgehead atoms. The molecule has 0 unspecified atom stereocenters. The number of sulfonamides is 1. The van der Waals surface area contributed by atoms with Crippen LogP contribution in [0.2, 0.25) is 0 Å². The zero-order valence-corrected chi connectivity index (χ0v) is 19.9. The molecule has 2 aliphatic heterocycles. The van der Waals surface area contributed by atoms with E-state index in [4.69, 9.17) is 9.72 Å². The average Bonchev–Trinajstić information content (AvgIpc) is 3.52. The normalized spacial score (nSPS) is 21.5. The molecule has 2 fully saturated rings. The van der Waals surface area contributed by atoms with Crippen LogP contribution in [-0.4, -0.2) is 56.6 Å². The molecule has 2 aliphatic rings.